The second-order valence-electron chi connectivity index (χ2n) is 5.62. The highest BCUT2D eigenvalue weighted by Gasteiger charge is 2.07. The van der Waals surface area contributed by atoms with Crippen LogP contribution in [0.4, 0.5) is 0 Å². The number of hydrogen-bond donors (Lipinski definition) is 2. The molecule has 1 heterocycles. The average molecular weight is 358 g/mol. The topological polar surface area (TPSA) is 97.6 Å². The number of rotatable bonds is 10. The third kappa shape index (κ3) is 6.43. The quantitative estimate of drug-likeness (QED) is 0.501. The number of Topliss-reactive ketones (excluding diaryl/α,β-unsaturated/α-hetero) is 1. The first-order valence-electron chi connectivity index (χ1n) is 8.38. The van der Waals surface area contributed by atoms with Crippen LogP contribution in [-0.2, 0) is 4.79 Å². The number of amides is 2. The van der Waals surface area contributed by atoms with Crippen LogP contribution in [0, 0.1) is 0 Å². The molecule has 7 nitrogen and oxygen atoms in total. The summed E-state index contributed by atoms with van der Waals surface area (Å²) in [6.07, 6.45) is 2.33. The van der Waals surface area contributed by atoms with Gasteiger partial charge in [0.1, 0.15) is 5.75 Å². The SMILES string of the molecule is CC(=O)c1ccc(OCCCC(=O)NCCNC(=O)c2ccco2)cc1. The molecule has 0 fully saturated rings. The van der Waals surface area contributed by atoms with Crippen molar-refractivity contribution in [2.45, 2.75) is 19.8 Å². The highest BCUT2D eigenvalue weighted by Crippen LogP contribution is 2.13. The minimum Gasteiger partial charge on any atom is -0.494 e. The van der Waals surface area contributed by atoms with Gasteiger partial charge in [-0.25, -0.2) is 0 Å². The number of ether oxygens (including phenoxy) is 1. The molecule has 0 atom stereocenters. The first kappa shape index (κ1) is 19.2. The number of nitrogens with one attached hydrogen (secondary N) is 2. The van der Waals surface area contributed by atoms with Gasteiger partial charge in [-0.1, -0.05) is 0 Å². The third-order valence-corrected chi connectivity index (χ3v) is 3.56. The monoisotopic (exact) mass is 358 g/mol. The van der Waals surface area contributed by atoms with Crippen LogP contribution in [0.3, 0.4) is 0 Å². The molecule has 138 valence electrons. The predicted molar refractivity (Wildman–Crippen MR) is 95.2 cm³/mol. The van der Waals surface area contributed by atoms with Gasteiger partial charge in [0.15, 0.2) is 11.5 Å². The first-order chi connectivity index (χ1) is 12.6. The molecule has 2 rings (SSSR count). The van der Waals surface area contributed by atoms with Gasteiger partial charge >= 0.3 is 0 Å². The molecule has 1 aromatic carbocycles. The summed E-state index contributed by atoms with van der Waals surface area (Å²) in [5.74, 6) is 0.496. The average Bonchev–Trinajstić information content (AvgIpc) is 3.17. The molecule has 2 N–H and O–H groups in total. The Labute approximate surface area is 151 Å². The van der Waals surface area contributed by atoms with E-state index >= 15 is 0 Å². The summed E-state index contributed by atoms with van der Waals surface area (Å²) in [6.45, 7) is 2.59. The fourth-order valence-electron chi connectivity index (χ4n) is 2.17. The fraction of sp³-hybridized carbons (Fsp3) is 0.316. The van der Waals surface area contributed by atoms with Crippen molar-refractivity contribution < 1.29 is 23.5 Å². The summed E-state index contributed by atoms with van der Waals surface area (Å²) in [6, 6.07) is 10.1. The molecular weight excluding hydrogens is 336 g/mol. The summed E-state index contributed by atoms with van der Waals surface area (Å²) >= 11 is 0. The zero-order valence-corrected chi connectivity index (χ0v) is 14.6. The van der Waals surface area contributed by atoms with Crippen LogP contribution >= 0.6 is 0 Å². The van der Waals surface area contributed by atoms with Gasteiger partial charge in [-0.2, -0.15) is 0 Å². The number of hydrogen-bond acceptors (Lipinski definition) is 5. The molecule has 26 heavy (non-hydrogen) atoms. The van der Waals surface area contributed by atoms with E-state index in [1.165, 1.54) is 13.2 Å². The highest BCUT2D eigenvalue weighted by atomic mass is 16.5. The van der Waals surface area contributed by atoms with E-state index in [1.807, 2.05) is 0 Å². The fourth-order valence-corrected chi connectivity index (χ4v) is 2.17. The maximum Gasteiger partial charge on any atom is 0.287 e. The van der Waals surface area contributed by atoms with E-state index in [0.29, 0.717) is 43.9 Å². The molecule has 0 spiro atoms. The van der Waals surface area contributed by atoms with Crippen LogP contribution in [0.2, 0.25) is 0 Å². The van der Waals surface area contributed by atoms with Gasteiger partial charge in [-0.05, 0) is 49.7 Å². The Balaban J connectivity index is 1.53. The third-order valence-electron chi connectivity index (χ3n) is 3.56. The van der Waals surface area contributed by atoms with E-state index in [-0.39, 0.29) is 23.4 Å². The van der Waals surface area contributed by atoms with E-state index in [0.717, 1.165) is 0 Å². The van der Waals surface area contributed by atoms with Gasteiger partial charge in [-0.15, -0.1) is 0 Å². The van der Waals surface area contributed by atoms with Gasteiger partial charge in [0.2, 0.25) is 5.91 Å². The molecule has 0 unspecified atom stereocenters. The standard InChI is InChI=1S/C19H22N2O5/c1-14(22)15-6-8-16(9-7-15)25-12-3-5-18(23)20-10-11-21-19(24)17-4-2-13-26-17/h2,4,6-9,13H,3,5,10-12H2,1H3,(H,20,23)(H,21,24). The molecule has 2 amide bonds. The maximum absolute atomic E-state index is 11.7. The van der Waals surface area contributed by atoms with Crippen LogP contribution < -0.4 is 15.4 Å². The molecule has 0 radical (unpaired) electrons. The van der Waals surface area contributed by atoms with Gasteiger partial charge in [0.25, 0.3) is 5.91 Å². The van der Waals surface area contributed by atoms with Crippen molar-refractivity contribution in [2.75, 3.05) is 19.7 Å². The lowest BCUT2D eigenvalue weighted by Crippen LogP contribution is -2.34. The first-order valence-corrected chi connectivity index (χ1v) is 8.38. The zero-order chi connectivity index (χ0) is 18.8. The molecule has 0 saturated carbocycles. The summed E-state index contributed by atoms with van der Waals surface area (Å²) in [5, 5.41) is 5.37. The molecule has 0 aliphatic carbocycles. The van der Waals surface area contributed by atoms with Crippen LogP contribution in [0.5, 0.6) is 5.75 Å². The lowest BCUT2D eigenvalue weighted by Gasteiger charge is -2.08. The summed E-state index contributed by atoms with van der Waals surface area (Å²) in [5.41, 5.74) is 0.635. The second-order valence-corrected chi connectivity index (χ2v) is 5.62. The second kappa shape index (κ2) is 10.0. The molecule has 7 heteroatoms. The van der Waals surface area contributed by atoms with E-state index in [9.17, 15) is 14.4 Å². The number of benzene rings is 1. The largest absolute Gasteiger partial charge is 0.494 e. The molecular formula is C19H22N2O5. The Morgan fingerprint density at radius 3 is 2.42 bits per heavy atom. The summed E-state index contributed by atoms with van der Waals surface area (Å²) in [7, 11) is 0. The number of carbonyl (C=O) groups is 3. The van der Waals surface area contributed by atoms with Crippen LogP contribution in [0.15, 0.2) is 47.1 Å². The van der Waals surface area contributed by atoms with Crippen molar-refractivity contribution in [3.05, 3.63) is 54.0 Å². The zero-order valence-electron chi connectivity index (χ0n) is 14.6. The van der Waals surface area contributed by atoms with Crippen molar-refractivity contribution in [1.82, 2.24) is 10.6 Å². The Hall–Kier alpha value is -3.09. The van der Waals surface area contributed by atoms with Gasteiger partial charge in [-0.3, -0.25) is 14.4 Å². The van der Waals surface area contributed by atoms with Crippen LogP contribution in [-0.4, -0.2) is 37.3 Å². The Morgan fingerprint density at radius 1 is 1.04 bits per heavy atom. The number of ketones is 1. The summed E-state index contributed by atoms with van der Waals surface area (Å²) in [4.78, 5) is 34.5. The van der Waals surface area contributed by atoms with Crippen molar-refractivity contribution in [1.29, 1.82) is 0 Å². The molecule has 0 aliphatic rings. The lowest BCUT2D eigenvalue weighted by molar-refractivity contribution is -0.121. The van der Waals surface area contributed by atoms with Crippen molar-refractivity contribution in [2.24, 2.45) is 0 Å². The highest BCUT2D eigenvalue weighted by molar-refractivity contribution is 5.94. The number of carbonyl (C=O) groups excluding carboxylic acids is 3. The van der Waals surface area contributed by atoms with E-state index in [1.54, 1.807) is 36.4 Å². The number of furan rings is 1. The van der Waals surface area contributed by atoms with Gasteiger partial charge in [0.05, 0.1) is 12.9 Å². The minimum atomic E-state index is -0.312. The lowest BCUT2D eigenvalue weighted by atomic mass is 10.1. The smallest absolute Gasteiger partial charge is 0.287 e. The Kier molecular flexibility index (Phi) is 7.42. The van der Waals surface area contributed by atoms with Crippen molar-refractivity contribution in [3.63, 3.8) is 0 Å². The molecule has 0 bridgehead atoms. The van der Waals surface area contributed by atoms with Crippen molar-refractivity contribution >= 4 is 17.6 Å². The molecule has 2 aromatic rings. The predicted octanol–water partition coefficient (Wildman–Crippen LogP) is 2.19. The van der Waals surface area contributed by atoms with E-state index in [4.69, 9.17) is 9.15 Å². The Morgan fingerprint density at radius 2 is 1.77 bits per heavy atom. The van der Waals surface area contributed by atoms with Crippen LogP contribution in [0.25, 0.3) is 0 Å². The Bertz CT molecular complexity index is 723. The van der Waals surface area contributed by atoms with Crippen LogP contribution in [0.1, 0.15) is 40.7 Å². The minimum absolute atomic E-state index is 0.00794. The van der Waals surface area contributed by atoms with E-state index < -0.39 is 0 Å². The van der Waals surface area contributed by atoms with Gasteiger partial charge < -0.3 is 19.8 Å². The van der Waals surface area contributed by atoms with E-state index in [2.05, 4.69) is 10.6 Å². The molecule has 0 saturated heterocycles. The van der Waals surface area contributed by atoms with Crippen molar-refractivity contribution in [3.8, 4) is 5.75 Å². The molecule has 1 aromatic heterocycles. The normalized spacial score (nSPS) is 10.2. The van der Waals surface area contributed by atoms with Gasteiger partial charge in [0, 0.05) is 25.1 Å². The summed E-state index contributed by atoms with van der Waals surface area (Å²) < 4.78 is 10.5. The maximum atomic E-state index is 11.7. The molecule has 0 aliphatic heterocycles.